The van der Waals surface area contributed by atoms with Gasteiger partial charge in [-0.15, -0.1) is 0 Å². The fraction of sp³-hybridized carbons (Fsp3) is 0.636. The molecular weight excluding hydrogens is 208 g/mol. The molecule has 88 valence electrons. The van der Waals surface area contributed by atoms with Crippen LogP contribution in [0.3, 0.4) is 0 Å². The van der Waals surface area contributed by atoms with Crippen molar-refractivity contribution in [1.82, 2.24) is 5.16 Å². The van der Waals surface area contributed by atoms with E-state index in [1.807, 2.05) is 0 Å². The van der Waals surface area contributed by atoms with Crippen molar-refractivity contribution in [3.8, 4) is 0 Å². The number of aromatic nitrogens is 1. The Kier molecular flexibility index (Phi) is 3.12. The quantitative estimate of drug-likeness (QED) is 0.753. The maximum atomic E-state index is 11.1. The molecule has 0 saturated heterocycles. The largest absolute Gasteiger partial charge is 0.477 e. The highest BCUT2D eigenvalue weighted by atomic mass is 16.5. The van der Waals surface area contributed by atoms with E-state index in [1.165, 1.54) is 12.8 Å². The molecular formula is C11H16N2O3. The van der Waals surface area contributed by atoms with E-state index in [4.69, 9.17) is 15.4 Å². The molecule has 1 aromatic rings. The first-order chi connectivity index (χ1) is 7.70. The van der Waals surface area contributed by atoms with Gasteiger partial charge in [0.05, 0.1) is 0 Å². The lowest BCUT2D eigenvalue weighted by molar-refractivity contribution is 0.0694. The van der Waals surface area contributed by atoms with Gasteiger partial charge in [-0.2, -0.15) is 0 Å². The normalized spacial score (nSPS) is 18.2. The lowest BCUT2D eigenvalue weighted by atomic mass is 9.94. The minimum absolute atomic E-state index is 0.00764. The van der Waals surface area contributed by atoms with Gasteiger partial charge in [-0.25, -0.2) is 4.79 Å². The molecule has 3 N–H and O–H groups in total. The van der Waals surface area contributed by atoms with E-state index in [0.717, 1.165) is 25.7 Å². The summed E-state index contributed by atoms with van der Waals surface area (Å²) in [4.78, 5) is 11.1. The van der Waals surface area contributed by atoms with Gasteiger partial charge in [0.15, 0.2) is 11.6 Å². The van der Waals surface area contributed by atoms with E-state index in [9.17, 15) is 4.79 Å². The maximum absolute atomic E-state index is 11.1. The first-order valence-corrected chi connectivity index (χ1v) is 5.68. The number of aromatic carboxylic acids is 1. The highest BCUT2D eigenvalue weighted by Crippen LogP contribution is 2.35. The Hall–Kier alpha value is -1.52. The number of carboxylic acid groups (broad SMARTS) is 1. The molecule has 0 atom stereocenters. The first-order valence-electron chi connectivity index (χ1n) is 5.68. The molecule has 0 amide bonds. The summed E-state index contributed by atoms with van der Waals surface area (Å²) in [6.07, 6.45) is 6.59. The SMILES string of the molecule is Nc1noc(C2CCCCCC2)c1C(=O)O. The minimum atomic E-state index is -1.04. The number of hydrogen-bond acceptors (Lipinski definition) is 4. The molecule has 1 aromatic heterocycles. The average molecular weight is 224 g/mol. The summed E-state index contributed by atoms with van der Waals surface area (Å²) in [7, 11) is 0. The zero-order chi connectivity index (χ0) is 11.5. The topological polar surface area (TPSA) is 89.4 Å². The molecule has 5 heteroatoms. The Bertz CT molecular complexity index is 379. The number of carboxylic acids is 1. The Labute approximate surface area is 93.6 Å². The smallest absolute Gasteiger partial charge is 0.343 e. The van der Waals surface area contributed by atoms with Crippen molar-refractivity contribution >= 4 is 11.8 Å². The molecule has 1 fully saturated rings. The summed E-state index contributed by atoms with van der Waals surface area (Å²) in [5.41, 5.74) is 5.56. The standard InChI is InChI=1S/C11H16N2O3/c12-10-8(11(14)15)9(16-13-10)7-5-3-1-2-4-6-7/h7H,1-6H2,(H2,12,13)(H,14,15). The van der Waals surface area contributed by atoms with E-state index in [0.29, 0.717) is 5.76 Å². The van der Waals surface area contributed by atoms with Crippen LogP contribution in [0.25, 0.3) is 0 Å². The zero-order valence-corrected chi connectivity index (χ0v) is 9.11. The van der Waals surface area contributed by atoms with Crippen LogP contribution < -0.4 is 5.73 Å². The van der Waals surface area contributed by atoms with Crippen LogP contribution in [0.4, 0.5) is 5.82 Å². The molecule has 0 unspecified atom stereocenters. The Morgan fingerprint density at radius 2 is 1.94 bits per heavy atom. The second-order valence-electron chi connectivity index (χ2n) is 4.30. The van der Waals surface area contributed by atoms with Gasteiger partial charge in [-0.3, -0.25) is 0 Å². The van der Waals surface area contributed by atoms with E-state index in [-0.39, 0.29) is 17.3 Å². The summed E-state index contributed by atoms with van der Waals surface area (Å²) >= 11 is 0. The summed E-state index contributed by atoms with van der Waals surface area (Å²) in [6.45, 7) is 0. The molecule has 1 aliphatic carbocycles. The second kappa shape index (κ2) is 4.55. The van der Waals surface area contributed by atoms with E-state index >= 15 is 0 Å². The van der Waals surface area contributed by atoms with Crippen LogP contribution in [0.5, 0.6) is 0 Å². The van der Waals surface area contributed by atoms with E-state index in [2.05, 4.69) is 5.16 Å². The van der Waals surface area contributed by atoms with Crippen LogP contribution in [0, 0.1) is 0 Å². The average Bonchev–Trinajstić information content (AvgIpc) is 2.50. The van der Waals surface area contributed by atoms with Gasteiger partial charge in [0.1, 0.15) is 5.56 Å². The van der Waals surface area contributed by atoms with Crippen LogP contribution in [-0.4, -0.2) is 16.2 Å². The second-order valence-corrected chi connectivity index (χ2v) is 4.30. The fourth-order valence-corrected chi connectivity index (χ4v) is 2.35. The van der Waals surface area contributed by atoms with Gasteiger partial charge in [0, 0.05) is 5.92 Å². The van der Waals surface area contributed by atoms with Crippen molar-refractivity contribution in [2.24, 2.45) is 0 Å². The number of nitrogens with two attached hydrogens (primary N) is 1. The summed E-state index contributed by atoms with van der Waals surface area (Å²) in [6, 6.07) is 0. The first kappa shape index (κ1) is 11.0. The lowest BCUT2D eigenvalue weighted by Crippen LogP contribution is -2.06. The third-order valence-electron chi connectivity index (χ3n) is 3.18. The Morgan fingerprint density at radius 1 is 1.31 bits per heavy atom. The highest BCUT2D eigenvalue weighted by molar-refractivity contribution is 5.93. The number of rotatable bonds is 2. The molecule has 0 radical (unpaired) electrons. The van der Waals surface area contributed by atoms with E-state index < -0.39 is 5.97 Å². The van der Waals surface area contributed by atoms with Gasteiger partial charge in [-0.1, -0.05) is 30.8 Å². The summed E-state index contributed by atoms with van der Waals surface area (Å²) < 4.78 is 5.10. The van der Waals surface area contributed by atoms with Crippen molar-refractivity contribution in [3.63, 3.8) is 0 Å². The number of anilines is 1. The number of hydrogen-bond donors (Lipinski definition) is 2. The number of nitrogens with zero attached hydrogens (tertiary/aromatic N) is 1. The van der Waals surface area contributed by atoms with Crippen LogP contribution in [-0.2, 0) is 0 Å². The van der Waals surface area contributed by atoms with Gasteiger partial charge in [-0.05, 0) is 12.8 Å². The van der Waals surface area contributed by atoms with Crippen molar-refractivity contribution in [1.29, 1.82) is 0 Å². The van der Waals surface area contributed by atoms with Gasteiger partial charge in [0.2, 0.25) is 0 Å². The third kappa shape index (κ3) is 2.03. The summed E-state index contributed by atoms with van der Waals surface area (Å²) in [5.74, 6) is -0.421. The molecule has 5 nitrogen and oxygen atoms in total. The van der Waals surface area contributed by atoms with Crippen LogP contribution in [0.2, 0.25) is 0 Å². The third-order valence-corrected chi connectivity index (χ3v) is 3.18. The molecule has 0 bridgehead atoms. The van der Waals surface area contributed by atoms with Crippen molar-refractivity contribution < 1.29 is 14.4 Å². The lowest BCUT2D eigenvalue weighted by Gasteiger charge is -2.10. The number of nitrogen functional groups attached to an aromatic ring is 1. The van der Waals surface area contributed by atoms with Gasteiger partial charge in [0.25, 0.3) is 0 Å². The number of carbonyl (C=O) groups is 1. The van der Waals surface area contributed by atoms with Crippen LogP contribution in [0.1, 0.15) is 60.6 Å². The van der Waals surface area contributed by atoms with Gasteiger partial charge >= 0.3 is 5.97 Å². The molecule has 0 spiro atoms. The molecule has 1 aliphatic rings. The van der Waals surface area contributed by atoms with Crippen LogP contribution in [0.15, 0.2) is 4.52 Å². The molecule has 2 rings (SSSR count). The van der Waals surface area contributed by atoms with Crippen LogP contribution >= 0.6 is 0 Å². The fourth-order valence-electron chi connectivity index (χ4n) is 2.35. The van der Waals surface area contributed by atoms with Crippen molar-refractivity contribution in [2.45, 2.75) is 44.4 Å². The molecule has 0 aromatic carbocycles. The molecule has 16 heavy (non-hydrogen) atoms. The van der Waals surface area contributed by atoms with Crippen molar-refractivity contribution in [2.75, 3.05) is 5.73 Å². The maximum Gasteiger partial charge on any atom is 0.343 e. The predicted octanol–water partition coefficient (Wildman–Crippen LogP) is 2.39. The molecule has 0 aliphatic heterocycles. The van der Waals surface area contributed by atoms with Gasteiger partial charge < -0.3 is 15.4 Å². The highest BCUT2D eigenvalue weighted by Gasteiger charge is 2.27. The summed E-state index contributed by atoms with van der Waals surface area (Å²) in [5, 5.41) is 12.6. The monoisotopic (exact) mass is 224 g/mol. The van der Waals surface area contributed by atoms with E-state index in [1.54, 1.807) is 0 Å². The predicted molar refractivity (Wildman–Crippen MR) is 58.3 cm³/mol. The zero-order valence-electron chi connectivity index (χ0n) is 9.11. The molecule has 1 heterocycles. The molecule has 1 saturated carbocycles. The minimum Gasteiger partial charge on any atom is -0.477 e. The van der Waals surface area contributed by atoms with Crippen molar-refractivity contribution in [3.05, 3.63) is 11.3 Å². The Morgan fingerprint density at radius 3 is 2.50 bits per heavy atom. The Balaban J connectivity index is 2.27.